The van der Waals surface area contributed by atoms with Crippen LogP contribution in [0.2, 0.25) is 0 Å². The van der Waals surface area contributed by atoms with E-state index in [2.05, 4.69) is 34.0 Å². The van der Waals surface area contributed by atoms with Crippen LogP contribution in [-0.2, 0) is 0 Å². The van der Waals surface area contributed by atoms with E-state index in [1.807, 2.05) is 6.07 Å². The highest BCUT2D eigenvalue weighted by Crippen LogP contribution is 2.15. The lowest BCUT2D eigenvalue weighted by atomic mass is 10.2. The fourth-order valence-corrected chi connectivity index (χ4v) is 1.76. The second kappa shape index (κ2) is 4.02. The van der Waals surface area contributed by atoms with E-state index in [1.165, 1.54) is 0 Å². The molecule has 0 bridgehead atoms. The van der Waals surface area contributed by atoms with Crippen molar-refractivity contribution in [1.82, 2.24) is 15.1 Å². The van der Waals surface area contributed by atoms with Crippen LogP contribution in [-0.4, -0.2) is 47.8 Å². The topological polar surface area (TPSA) is 58.3 Å². The molecule has 1 atom stereocenters. The Bertz CT molecular complexity index is 323. The summed E-state index contributed by atoms with van der Waals surface area (Å²) >= 11 is 0. The van der Waals surface area contributed by atoms with Crippen LogP contribution in [0.25, 0.3) is 0 Å². The number of likely N-dealkylation sites (N-methyl/N-ethyl adjacent to an activating group) is 1. The SMILES string of the molecule is CC1CN(c2ccc(N)nn2)CCN1C. The maximum absolute atomic E-state index is 5.51. The number of nitrogen functional groups attached to an aromatic ring is 1. The minimum atomic E-state index is 0.473. The van der Waals surface area contributed by atoms with Gasteiger partial charge in [-0.2, -0.15) is 0 Å². The monoisotopic (exact) mass is 207 g/mol. The number of hydrogen-bond donors (Lipinski definition) is 1. The molecule has 1 aromatic heterocycles. The van der Waals surface area contributed by atoms with E-state index in [0.717, 1.165) is 25.5 Å². The highest BCUT2D eigenvalue weighted by molar-refractivity contribution is 5.41. The Hall–Kier alpha value is -1.36. The van der Waals surface area contributed by atoms with Crippen LogP contribution >= 0.6 is 0 Å². The summed E-state index contributed by atoms with van der Waals surface area (Å²) in [5, 5.41) is 7.96. The number of rotatable bonds is 1. The molecule has 82 valence electrons. The average molecular weight is 207 g/mol. The Kier molecular flexibility index (Phi) is 2.73. The first-order valence-electron chi connectivity index (χ1n) is 5.21. The average Bonchev–Trinajstić information content (AvgIpc) is 2.23. The second-order valence-electron chi connectivity index (χ2n) is 4.09. The molecule has 1 aliphatic heterocycles. The number of nitrogens with zero attached hydrogens (tertiary/aromatic N) is 4. The third-order valence-electron chi connectivity index (χ3n) is 2.95. The summed E-state index contributed by atoms with van der Waals surface area (Å²) in [6, 6.07) is 4.28. The molecule has 5 heteroatoms. The molecule has 0 saturated carbocycles. The largest absolute Gasteiger partial charge is 0.382 e. The zero-order valence-corrected chi connectivity index (χ0v) is 9.22. The summed E-state index contributed by atoms with van der Waals surface area (Å²) in [6.07, 6.45) is 0. The molecular weight excluding hydrogens is 190 g/mol. The lowest BCUT2D eigenvalue weighted by Crippen LogP contribution is -2.50. The predicted molar refractivity (Wildman–Crippen MR) is 60.7 cm³/mol. The summed E-state index contributed by atoms with van der Waals surface area (Å²) in [5.41, 5.74) is 5.51. The van der Waals surface area contributed by atoms with Crippen molar-refractivity contribution in [3.8, 4) is 0 Å². The fraction of sp³-hybridized carbons (Fsp3) is 0.600. The van der Waals surface area contributed by atoms with E-state index < -0.39 is 0 Å². The molecule has 2 rings (SSSR count). The van der Waals surface area contributed by atoms with Crippen LogP contribution < -0.4 is 10.6 Å². The van der Waals surface area contributed by atoms with Crippen LogP contribution in [0.15, 0.2) is 12.1 Å². The van der Waals surface area contributed by atoms with Crippen molar-refractivity contribution in [2.24, 2.45) is 0 Å². The zero-order chi connectivity index (χ0) is 10.8. The lowest BCUT2D eigenvalue weighted by molar-refractivity contribution is 0.233. The molecule has 0 aromatic carbocycles. The highest BCUT2D eigenvalue weighted by Gasteiger charge is 2.21. The third-order valence-corrected chi connectivity index (χ3v) is 2.95. The molecule has 1 saturated heterocycles. The normalized spacial score (nSPS) is 23.1. The molecule has 0 amide bonds. The Morgan fingerprint density at radius 1 is 1.33 bits per heavy atom. The van der Waals surface area contributed by atoms with Crippen molar-refractivity contribution >= 4 is 11.6 Å². The van der Waals surface area contributed by atoms with Gasteiger partial charge >= 0.3 is 0 Å². The molecule has 2 N–H and O–H groups in total. The predicted octanol–water partition coefficient (Wildman–Crippen LogP) is 0.199. The summed E-state index contributed by atoms with van der Waals surface area (Å²) in [6.45, 7) is 5.28. The quantitative estimate of drug-likeness (QED) is 0.713. The van der Waals surface area contributed by atoms with Gasteiger partial charge in [0.1, 0.15) is 5.82 Å². The van der Waals surface area contributed by atoms with Crippen molar-refractivity contribution < 1.29 is 0 Å². The standard InChI is InChI=1S/C10H17N5/c1-8-7-15(6-5-14(8)2)10-4-3-9(11)12-13-10/h3-4,8H,5-7H2,1-2H3,(H2,11,12). The van der Waals surface area contributed by atoms with Gasteiger partial charge in [-0.25, -0.2) is 0 Å². The number of hydrogen-bond acceptors (Lipinski definition) is 5. The van der Waals surface area contributed by atoms with Crippen LogP contribution in [0.4, 0.5) is 11.6 Å². The van der Waals surface area contributed by atoms with Crippen LogP contribution in [0, 0.1) is 0 Å². The Balaban J connectivity index is 2.08. The molecule has 0 aliphatic carbocycles. The van der Waals surface area contributed by atoms with Gasteiger partial charge in [0, 0.05) is 25.7 Å². The Labute approximate surface area is 89.9 Å². The van der Waals surface area contributed by atoms with Gasteiger partial charge in [0.15, 0.2) is 5.82 Å². The van der Waals surface area contributed by atoms with Gasteiger partial charge in [0.25, 0.3) is 0 Å². The third kappa shape index (κ3) is 2.18. The molecule has 15 heavy (non-hydrogen) atoms. The number of nitrogens with two attached hydrogens (primary N) is 1. The summed E-state index contributed by atoms with van der Waals surface area (Å²) < 4.78 is 0. The Morgan fingerprint density at radius 3 is 2.73 bits per heavy atom. The first kappa shape index (κ1) is 10.2. The van der Waals surface area contributed by atoms with Crippen molar-refractivity contribution in [3.63, 3.8) is 0 Å². The first-order valence-corrected chi connectivity index (χ1v) is 5.21. The van der Waals surface area contributed by atoms with Gasteiger partial charge in [-0.15, -0.1) is 10.2 Å². The van der Waals surface area contributed by atoms with Crippen LogP contribution in [0.1, 0.15) is 6.92 Å². The molecule has 5 nitrogen and oxygen atoms in total. The number of anilines is 2. The van der Waals surface area contributed by atoms with Gasteiger partial charge < -0.3 is 15.5 Å². The van der Waals surface area contributed by atoms with Crippen molar-refractivity contribution in [2.75, 3.05) is 37.3 Å². The van der Waals surface area contributed by atoms with Crippen LogP contribution in [0.3, 0.4) is 0 Å². The van der Waals surface area contributed by atoms with Crippen molar-refractivity contribution in [1.29, 1.82) is 0 Å². The Morgan fingerprint density at radius 2 is 2.13 bits per heavy atom. The van der Waals surface area contributed by atoms with E-state index in [9.17, 15) is 0 Å². The van der Waals surface area contributed by atoms with Gasteiger partial charge in [0.2, 0.25) is 0 Å². The van der Waals surface area contributed by atoms with Gasteiger partial charge in [-0.3, -0.25) is 0 Å². The number of aromatic nitrogens is 2. The minimum Gasteiger partial charge on any atom is -0.382 e. The molecule has 1 aliphatic rings. The smallest absolute Gasteiger partial charge is 0.151 e. The van der Waals surface area contributed by atoms with E-state index in [1.54, 1.807) is 6.07 Å². The van der Waals surface area contributed by atoms with E-state index in [4.69, 9.17) is 5.73 Å². The maximum atomic E-state index is 5.51. The highest BCUT2D eigenvalue weighted by atomic mass is 15.3. The van der Waals surface area contributed by atoms with Crippen LogP contribution in [0.5, 0.6) is 0 Å². The number of piperazine rings is 1. The zero-order valence-electron chi connectivity index (χ0n) is 9.22. The molecule has 1 aromatic rings. The minimum absolute atomic E-state index is 0.473. The molecule has 1 unspecified atom stereocenters. The van der Waals surface area contributed by atoms with Gasteiger partial charge in [-0.1, -0.05) is 0 Å². The van der Waals surface area contributed by atoms with Gasteiger partial charge in [-0.05, 0) is 26.1 Å². The maximum Gasteiger partial charge on any atom is 0.151 e. The fourth-order valence-electron chi connectivity index (χ4n) is 1.76. The molecular formula is C10H17N5. The molecule has 1 fully saturated rings. The van der Waals surface area contributed by atoms with E-state index in [-0.39, 0.29) is 0 Å². The van der Waals surface area contributed by atoms with Gasteiger partial charge in [0.05, 0.1) is 0 Å². The first-order chi connectivity index (χ1) is 7.16. The summed E-state index contributed by atoms with van der Waals surface area (Å²) in [4.78, 5) is 4.60. The summed E-state index contributed by atoms with van der Waals surface area (Å²) in [7, 11) is 2.15. The lowest BCUT2D eigenvalue weighted by Gasteiger charge is -2.38. The molecule has 0 radical (unpaired) electrons. The second-order valence-corrected chi connectivity index (χ2v) is 4.09. The van der Waals surface area contributed by atoms with Crippen molar-refractivity contribution in [3.05, 3.63) is 12.1 Å². The molecule has 2 heterocycles. The van der Waals surface area contributed by atoms with E-state index >= 15 is 0 Å². The van der Waals surface area contributed by atoms with Crippen molar-refractivity contribution in [2.45, 2.75) is 13.0 Å². The molecule has 0 spiro atoms. The summed E-state index contributed by atoms with van der Waals surface area (Å²) in [5.74, 6) is 1.39. The van der Waals surface area contributed by atoms with E-state index in [0.29, 0.717) is 11.9 Å².